The van der Waals surface area contributed by atoms with Crippen LogP contribution >= 0.6 is 22.6 Å². The Kier molecular flexibility index (Phi) is 5.42. The molecule has 2 aromatic carbocycles. The molecule has 0 spiro atoms. The van der Waals surface area contributed by atoms with E-state index in [1.165, 1.54) is 0 Å². The van der Waals surface area contributed by atoms with E-state index in [1.807, 2.05) is 30.3 Å². The van der Waals surface area contributed by atoms with Crippen molar-refractivity contribution in [1.29, 1.82) is 0 Å². The van der Waals surface area contributed by atoms with E-state index < -0.39 is 0 Å². The molecule has 0 fully saturated rings. The third-order valence-corrected chi connectivity index (χ3v) is 4.74. The summed E-state index contributed by atoms with van der Waals surface area (Å²) in [6, 6.07) is 12.8. The summed E-state index contributed by atoms with van der Waals surface area (Å²) in [5.41, 5.74) is 1.50. The van der Waals surface area contributed by atoms with Gasteiger partial charge in [-0.2, -0.15) is 0 Å². The first kappa shape index (κ1) is 17.5. The Hall–Kier alpha value is -2.29. The van der Waals surface area contributed by atoms with E-state index >= 15 is 0 Å². The second-order valence-corrected chi connectivity index (χ2v) is 6.76. The van der Waals surface area contributed by atoms with Gasteiger partial charge >= 0.3 is 0 Å². The molecule has 7 heteroatoms. The molecule has 0 aliphatic carbocycles. The third-order valence-electron chi connectivity index (χ3n) is 3.80. The van der Waals surface area contributed by atoms with Crippen molar-refractivity contribution >= 4 is 34.4 Å². The number of nitrogens with zero attached hydrogens (tertiary/aromatic N) is 1. The summed E-state index contributed by atoms with van der Waals surface area (Å²) >= 11 is 2.10. The number of likely N-dealkylation sites (N-methyl/N-ethyl adjacent to an activating group) is 1. The van der Waals surface area contributed by atoms with Gasteiger partial charge in [-0.1, -0.05) is 18.2 Å². The minimum atomic E-state index is -0.255. The van der Waals surface area contributed by atoms with Crippen LogP contribution in [0.2, 0.25) is 0 Å². The van der Waals surface area contributed by atoms with Crippen LogP contribution in [-0.2, 0) is 11.3 Å². The van der Waals surface area contributed by atoms with Crippen molar-refractivity contribution in [2.75, 3.05) is 20.4 Å². The fourth-order valence-corrected chi connectivity index (χ4v) is 3.07. The van der Waals surface area contributed by atoms with Crippen LogP contribution in [0.3, 0.4) is 0 Å². The molecular weight excluding hydrogens is 435 g/mol. The number of halogens is 1. The Morgan fingerprint density at radius 1 is 1.16 bits per heavy atom. The Morgan fingerprint density at radius 3 is 2.72 bits per heavy atom. The quantitative estimate of drug-likeness (QED) is 0.708. The molecule has 0 bridgehead atoms. The Labute approximate surface area is 159 Å². The number of rotatable bonds is 5. The van der Waals surface area contributed by atoms with Crippen molar-refractivity contribution < 1.29 is 19.1 Å². The number of benzene rings is 2. The average Bonchev–Trinajstić information content (AvgIpc) is 3.07. The molecule has 0 atom stereocenters. The lowest BCUT2D eigenvalue weighted by Gasteiger charge is -2.18. The molecule has 1 aliphatic rings. The highest BCUT2D eigenvalue weighted by atomic mass is 127. The van der Waals surface area contributed by atoms with Crippen molar-refractivity contribution in [1.82, 2.24) is 10.2 Å². The van der Waals surface area contributed by atoms with E-state index in [0.717, 1.165) is 9.13 Å². The van der Waals surface area contributed by atoms with Crippen molar-refractivity contribution in [3.63, 3.8) is 0 Å². The van der Waals surface area contributed by atoms with Crippen LogP contribution in [0.5, 0.6) is 11.5 Å². The Balaban J connectivity index is 1.54. The molecule has 6 nitrogen and oxygen atoms in total. The van der Waals surface area contributed by atoms with Crippen LogP contribution in [0, 0.1) is 3.57 Å². The summed E-state index contributed by atoms with van der Waals surface area (Å²) in [7, 11) is 1.70. The minimum Gasteiger partial charge on any atom is -0.454 e. The first-order valence-electron chi connectivity index (χ1n) is 7.70. The SMILES string of the molecule is CN(Cc1ccc2c(c1)OCO2)C(=O)CNC(=O)c1ccccc1I. The largest absolute Gasteiger partial charge is 0.454 e. The number of fused-ring (bicyclic) bond motifs is 1. The number of carbonyl (C=O) groups is 2. The van der Waals surface area contributed by atoms with Gasteiger partial charge in [0.2, 0.25) is 12.7 Å². The topological polar surface area (TPSA) is 67.9 Å². The van der Waals surface area contributed by atoms with E-state index in [2.05, 4.69) is 27.9 Å². The first-order chi connectivity index (χ1) is 12.0. The lowest BCUT2D eigenvalue weighted by molar-refractivity contribution is -0.129. The zero-order valence-electron chi connectivity index (χ0n) is 13.6. The minimum absolute atomic E-state index is 0.0507. The van der Waals surface area contributed by atoms with Crippen molar-refractivity contribution in [3.05, 3.63) is 57.2 Å². The molecule has 2 aromatic rings. The van der Waals surface area contributed by atoms with E-state index in [4.69, 9.17) is 9.47 Å². The second-order valence-electron chi connectivity index (χ2n) is 5.60. The molecule has 0 aromatic heterocycles. The summed E-state index contributed by atoms with van der Waals surface area (Å²) in [4.78, 5) is 26.0. The Bertz CT molecular complexity index is 809. The van der Waals surface area contributed by atoms with Gasteiger partial charge in [0.25, 0.3) is 5.91 Å². The molecule has 0 radical (unpaired) electrons. The molecule has 2 amide bonds. The summed E-state index contributed by atoms with van der Waals surface area (Å²) in [6.45, 7) is 0.594. The summed E-state index contributed by atoms with van der Waals surface area (Å²) in [5, 5.41) is 2.67. The number of nitrogens with one attached hydrogen (secondary N) is 1. The molecule has 1 aliphatic heterocycles. The number of carbonyl (C=O) groups excluding carboxylic acids is 2. The molecule has 3 rings (SSSR count). The standard InChI is InChI=1S/C18H17IN2O4/c1-21(10-12-6-7-15-16(8-12)25-11-24-15)17(22)9-20-18(23)13-4-2-3-5-14(13)19/h2-8H,9-11H2,1H3,(H,20,23). The molecule has 1 N–H and O–H groups in total. The van der Waals surface area contributed by atoms with Crippen LogP contribution in [-0.4, -0.2) is 37.1 Å². The highest BCUT2D eigenvalue weighted by molar-refractivity contribution is 14.1. The third kappa shape index (κ3) is 4.22. The highest BCUT2D eigenvalue weighted by Gasteiger charge is 2.16. The van der Waals surface area contributed by atoms with Gasteiger partial charge in [0.05, 0.1) is 12.1 Å². The lowest BCUT2D eigenvalue weighted by atomic mass is 10.2. The van der Waals surface area contributed by atoms with E-state index in [0.29, 0.717) is 23.6 Å². The van der Waals surface area contributed by atoms with E-state index in [1.54, 1.807) is 24.1 Å². The smallest absolute Gasteiger partial charge is 0.252 e. The van der Waals surface area contributed by atoms with Gasteiger partial charge in [-0.05, 0) is 52.4 Å². The van der Waals surface area contributed by atoms with Crippen LogP contribution < -0.4 is 14.8 Å². The zero-order valence-corrected chi connectivity index (χ0v) is 15.8. The fraction of sp³-hybridized carbons (Fsp3) is 0.222. The van der Waals surface area contributed by atoms with Gasteiger partial charge in [-0.25, -0.2) is 0 Å². The second kappa shape index (κ2) is 7.73. The van der Waals surface area contributed by atoms with E-state index in [9.17, 15) is 9.59 Å². The van der Waals surface area contributed by atoms with E-state index in [-0.39, 0.29) is 25.2 Å². The number of ether oxygens (including phenoxy) is 2. The molecule has 1 heterocycles. The van der Waals surface area contributed by atoms with Crippen molar-refractivity contribution in [2.45, 2.75) is 6.54 Å². The maximum Gasteiger partial charge on any atom is 0.252 e. The molecule has 0 saturated carbocycles. The number of hydrogen-bond donors (Lipinski definition) is 1. The fourth-order valence-electron chi connectivity index (χ4n) is 2.43. The number of amides is 2. The normalized spacial score (nSPS) is 11.9. The van der Waals surface area contributed by atoms with Crippen LogP contribution in [0.4, 0.5) is 0 Å². The van der Waals surface area contributed by atoms with Crippen LogP contribution in [0.25, 0.3) is 0 Å². The maximum absolute atomic E-state index is 12.3. The van der Waals surface area contributed by atoms with Crippen LogP contribution in [0.1, 0.15) is 15.9 Å². The van der Waals surface area contributed by atoms with Gasteiger partial charge in [0.15, 0.2) is 11.5 Å². The van der Waals surface area contributed by atoms with Gasteiger partial charge < -0.3 is 19.7 Å². The molecule has 0 saturated heterocycles. The van der Waals surface area contributed by atoms with Gasteiger partial charge in [-0.15, -0.1) is 0 Å². The van der Waals surface area contributed by atoms with Crippen molar-refractivity contribution in [2.24, 2.45) is 0 Å². The zero-order chi connectivity index (χ0) is 17.8. The van der Waals surface area contributed by atoms with Gasteiger partial charge in [0, 0.05) is 17.2 Å². The molecular formula is C18H17IN2O4. The highest BCUT2D eigenvalue weighted by Crippen LogP contribution is 2.32. The van der Waals surface area contributed by atoms with Gasteiger partial charge in [0.1, 0.15) is 0 Å². The van der Waals surface area contributed by atoms with Crippen molar-refractivity contribution in [3.8, 4) is 11.5 Å². The lowest BCUT2D eigenvalue weighted by Crippen LogP contribution is -2.38. The molecule has 25 heavy (non-hydrogen) atoms. The first-order valence-corrected chi connectivity index (χ1v) is 8.77. The number of hydrogen-bond acceptors (Lipinski definition) is 4. The molecule has 130 valence electrons. The van der Waals surface area contributed by atoms with Gasteiger partial charge in [-0.3, -0.25) is 9.59 Å². The van der Waals surface area contributed by atoms with Crippen LogP contribution in [0.15, 0.2) is 42.5 Å². The monoisotopic (exact) mass is 452 g/mol. The summed E-state index contributed by atoms with van der Waals surface area (Å²) in [6.07, 6.45) is 0. The predicted molar refractivity (Wildman–Crippen MR) is 101 cm³/mol. The average molecular weight is 452 g/mol. The maximum atomic E-state index is 12.3. The summed E-state index contributed by atoms with van der Waals surface area (Å²) < 4.78 is 11.5. The predicted octanol–water partition coefficient (Wildman–Crippen LogP) is 2.41. The summed E-state index contributed by atoms with van der Waals surface area (Å²) in [5.74, 6) is 0.972. The Morgan fingerprint density at radius 2 is 1.92 bits per heavy atom. The molecule has 0 unspecified atom stereocenters.